The van der Waals surface area contributed by atoms with Gasteiger partial charge < -0.3 is 10.3 Å². The molecule has 0 saturated heterocycles. The molecule has 0 bridgehead atoms. The largest absolute Gasteiger partial charge is 0.389 e. The molecule has 3 aromatic rings. The number of rotatable bonds is 3. The van der Waals surface area contributed by atoms with Crippen molar-refractivity contribution in [3.8, 4) is 0 Å². The SMILES string of the molecule is NC(=S)c1ccc(Cn2cnc3ccccc32)c(F)c1. The van der Waals surface area contributed by atoms with Gasteiger partial charge in [0.1, 0.15) is 10.8 Å². The number of imidazole rings is 1. The number of hydrogen-bond donors (Lipinski definition) is 1. The Bertz CT molecular complexity index is 795. The van der Waals surface area contributed by atoms with Crippen LogP contribution in [0.2, 0.25) is 0 Å². The average Bonchev–Trinajstić information content (AvgIpc) is 2.84. The molecule has 0 fully saturated rings. The van der Waals surface area contributed by atoms with Gasteiger partial charge in [0.2, 0.25) is 0 Å². The lowest BCUT2D eigenvalue weighted by Gasteiger charge is -2.07. The molecule has 0 amide bonds. The highest BCUT2D eigenvalue weighted by molar-refractivity contribution is 7.80. The fourth-order valence-corrected chi connectivity index (χ4v) is 2.28. The van der Waals surface area contributed by atoms with Crippen molar-refractivity contribution in [3.63, 3.8) is 0 Å². The average molecular weight is 285 g/mol. The fraction of sp³-hybridized carbons (Fsp3) is 0.0667. The molecule has 0 unspecified atom stereocenters. The van der Waals surface area contributed by atoms with E-state index in [9.17, 15) is 4.39 Å². The fourth-order valence-electron chi connectivity index (χ4n) is 2.15. The number of fused-ring (bicyclic) bond motifs is 1. The number of para-hydroxylation sites is 2. The summed E-state index contributed by atoms with van der Waals surface area (Å²) in [5.41, 5.74) is 8.48. The van der Waals surface area contributed by atoms with E-state index in [4.69, 9.17) is 18.0 Å². The van der Waals surface area contributed by atoms with E-state index >= 15 is 0 Å². The standard InChI is InChI=1S/C15H12FN3S/c16-12-7-10(15(17)20)5-6-11(12)8-19-9-18-13-3-1-2-4-14(13)19/h1-7,9H,8H2,(H2,17,20). The highest BCUT2D eigenvalue weighted by atomic mass is 32.1. The van der Waals surface area contributed by atoms with Crippen molar-refractivity contribution in [2.24, 2.45) is 5.73 Å². The van der Waals surface area contributed by atoms with Gasteiger partial charge in [-0.05, 0) is 18.2 Å². The molecule has 0 aliphatic rings. The van der Waals surface area contributed by atoms with Crippen LogP contribution in [0.1, 0.15) is 11.1 Å². The third kappa shape index (κ3) is 2.28. The van der Waals surface area contributed by atoms with Crippen molar-refractivity contribution in [2.75, 3.05) is 0 Å². The van der Waals surface area contributed by atoms with E-state index in [-0.39, 0.29) is 10.8 Å². The molecule has 1 heterocycles. The van der Waals surface area contributed by atoms with Gasteiger partial charge in [0.25, 0.3) is 0 Å². The molecule has 5 heteroatoms. The van der Waals surface area contributed by atoms with E-state index in [0.717, 1.165) is 11.0 Å². The number of thiocarbonyl (C=S) groups is 1. The molecule has 0 spiro atoms. The molecule has 0 atom stereocenters. The summed E-state index contributed by atoms with van der Waals surface area (Å²) in [6.45, 7) is 0.421. The molecule has 0 aliphatic heterocycles. The molecular formula is C15H12FN3S. The van der Waals surface area contributed by atoms with Gasteiger partial charge in [-0.3, -0.25) is 0 Å². The number of halogens is 1. The Morgan fingerprint density at radius 1 is 1.25 bits per heavy atom. The summed E-state index contributed by atoms with van der Waals surface area (Å²) >= 11 is 4.84. The van der Waals surface area contributed by atoms with E-state index in [0.29, 0.717) is 17.7 Å². The van der Waals surface area contributed by atoms with Crippen LogP contribution in [0.4, 0.5) is 4.39 Å². The van der Waals surface area contributed by atoms with Gasteiger partial charge in [-0.1, -0.05) is 36.5 Å². The molecule has 0 radical (unpaired) electrons. The van der Waals surface area contributed by atoms with E-state index in [1.165, 1.54) is 6.07 Å². The second kappa shape index (κ2) is 5.02. The lowest BCUT2D eigenvalue weighted by molar-refractivity contribution is 0.601. The monoisotopic (exact) mass is 285 g/mol. The zero-order valence-electron chi connectivity index (χ0n) is 10.6. The van der Waals surface area contributed by atoms with Crippen molar-refractivity contribution in [3.05, 3.63) is 65.7 Å². The molecule has 1 aromatic heterocycles. The minimum absolute atomic E-state index is 0.198. The van der Waals surface area contributed by atoms with E-state index < -0.39 is 0 Å². The number of nitrogens with two attached hydrogens (primary N) is 1. The molecule has 2 N–H and O–H groups in total. The van der Waals surface area contributed by atoms with Gasteiger partial charge in [0.15, 0.2) is 0 Å². The summed E-state index contributed by atoms with van der Waals surface area (Å²) in [5, 5.41) is 0. The zero-order valence-corrected chi connectivity index (χ0v) is 11.4. The number of aromatic nitrogens is 2. The Hall–Kier alpha value is -2.27. The molecule has 3 nitrogen and oxygen atoms in total. The zero-order chi connectivity index (χ0) is 14.1. The van der Waals surface area contributed by atoms with Gasteiger partial charge >= 0.3 is 0 Å². The van der Waals surface area contributed by atoms with Crippen LogP contribution in [-0.4, -0.2) is 14.5 Å². The number of benzene rings is 2. The van der Waals surface area contributed by atoms with Gasteiger partial charge in [-0.15, -0.1) is 0 Å². The second-order valence-corrected chi connectivity index (χ2v) is 4.97. The van der Waals surface area contributed by atoms with Crippen LogP contribution in [0, 0.1) is 5.82 Å². The number of hydrogen-bond acceptors (Lipinski definition) is 2. The first-order valence-electron chi connectivity index (χ1n) is 6.13. The van der Waals surface area contributed by atoms with Crippen LogP contribution < -0.4 is 5.73 Å². The van der Waals surface area contributed by atoms with Crippen LogP contribution in [-0.2, 0) is 6.54 Å². The van der Waals surface area contributed by atoms with Crippen LogP contribution >= 0.6 is 12.2 Å². The molecule has 0 saturated carbocycles. The van der Waals surface area contributed by atoms with Crippen LogP contribution in [0.5, 0.6) is 0 Å². The summed E-state index contributed by atoms with van der Waals surface area (Å²) in [4.78, 5) is 4.49. The summed E-state index contributed by atoms with van der Waals surface area (Å²) < 4.78 is 16.0. The normalized spacial score (nSPS) is 10.8. The van der Waals surface area contributed by atoms with Gasteiger partial charge in [-0.25, -0.2) is 9.37 Å². The topological polar surface area (TPSA) is 43.8 Å². The molecule has 3 rings (SSSR count). The highest BCUT2D eigenvalue weighted by Crippen LogP contribution is 2.16. The lowest BCUT2D eigenvalue weighted by Crippen LogP contribution is -2.10. The van der Waals surface area contributed by atoms with Gasteiger partial charge in [-0.2, -0.15) is 0 Å². The third-order valence-corrected chi connectivity index (χ3v) is 3.44. The maximum atomic E-state index is 14.1. The molecule has 100 valence electrons. The van der Waals surface area contributed by atoms with E-state index in [2.05, 4.69) is 4.98 Å². The van der Waals surface area contributed by atoms with Crippen molar-refractivity contribution < 1.29 is 4.39 Å². The van der Waals surface area contributed by atoms with E-state index in [1.54, 1.807) is 18.5 Å². The maximum absolute atomic E-state index is 14.1. The quantitative estimate of drug-likeness (QED) is 0.753. The van der Waals surface area contributed by atoms with Crippen LogP contribution in [0.25, 0.3) is 11.0 Å². The van der Waals surface area contributed by atoms with Crippen molar-refractivity contribution >= 4 is 28.2 Å². The van der Waals surface area contributed by atoms with E-state index in [1.807, 2.05) is 28.8 Å². The predicted molar refractivity (Wildman–Crippen MR) is 81.1 cm³/mol. The molecule has 2 aromatic carbocycles. The Labute approximate surface area is 120 Å². The Kier molecular flexibility index (Phi) is 3.20. The second-order valence-electron chi connectivity index (χ2n) is 4.53. The first kappa shape index (κ1) is 12.7. The number of nitrogens with zero attached hydrogens (tertiary/aromatic N) is 2. The Balaban J connectivity index is 1.97. The maximum Gasteiger partial charge on any atom is 0.128 e. The predicted octanol–water partition coefficient (Wildman–Crippen LogP) is 2.86. The first-order valence-corrected chi connectivity index (χ1v) is 6.54. The Morgan fingerprint density at radius 2 is 2.05 bits per heavy atom. The molecule has 0 aliphatic carbocycles. The van der Waals surface area contributed by atoms with Gasteiger partial charge in [0, 0.05) is 11.1 Å². The smallest absolute Gasteiger partial charge is 0.128 e. The lowest BCUT2D eigenvalue weighted by atomic mass is 10.1. The van der Waals surface area contributed by atoms with Crippen molar-refractivity contribution in [1.29, 1.82) is 0 Å². The van der Waals surface area contributed by atoms with Gasteiger partial charge in [0.05, 0.1) is 23.9 Å². The van der Waals surface area contributed by atoms with Crippen LogP contribution in [0.15, 0.2) is 48.8 Å². The summed E-state index contributed by atoms with van der Waals surface area (Å²) in [6.07, 6.45) is 1.71. The van der Waals surface area contributed by atoms with Crippen LogP contribution in [0.3, 0.4) is 0 Å². The molecular weight excluding hydrogens is 273 g/mol. The summed E-state index contributed by atoms with van der Waals surface area (Å²) in [7, 11) is 0. The van der Waals surface area contributed by atoms with Crippen molar-refractivity contribution in [2.45, 2.75) is 6.54 Å². The first-order chi connectivity index (χ1) is 9.65. The third-order valence-electron chi connectivity index (χ3n) is 3.21. The Morgan fingerprint density at radius 3 is 2.80 bits per heavy atom. The minimum atomic E-state index is -0.312. The highest BCUT2D eigenvalue weighted by Gasteiger charge is 2.08. The molecule has 20 heavy (non-hydrogen) atoms. The summed E-state index contributed by atoms with van der Waals surface area (Å²) in [5.74, 6) is -0.312. The summed E-state index contributed by atoms with van der Waals surface area (Å²) in [6, 6.07) is 12.6. The van der Waals surface area contributed by atoms with Crippen molar-refractivity contribution in [1.82, 2.24) is 9.55 Å². The minimum Gasteiger partial charge on any atom is -0.389 e.